The van der Waals surface area contributed by atoms with Crippen LogP contribution in [0.2, 0.25) is 0 Å². The molecule has 2 aromatic rings. The molecule has 1 amide bonds. The van der Waals surface area contributed by atoms with Crippen molar-refractivity contribution in [2.24, 2.45) is 0 Å². The van der Waals surface area contributed by atoms with E-state index in [0.29, 0.717) is 17.9 Å². The maximum atomic E-state index is 12.2. The molecule has 0 saturated carbocycles. The summed E-state index contributed by atoms with van der Waals surface area (Å²) in [6, 6.07) is 13.1. The van der Waals surface area contributed by atoms with Gasteiger partial charge in [-0.1, -0.05) is 25.1 Å². The molecule has 0 bridgehead atoms. The highest BCUT2D eigenvalue weighted by Crippen LogP contribution is 2.20. The minimum Gasteiger partial charge on any atom is -0.497 e. The zero-order valence-corrected chi connectivity index (χ0v) is 13.2. The second kappa shape index (κ2) is 7.50. The first-order chi connectivity index (χ1) is 10.7. The molecule has 0 spiro atoms. The van der Waals surface area contributed by atoms with Gasteiger partial charge in [0, 0.05) is 17.7 Å². The van der Waals surface area contributed by atoms with E-state index in [-0.39, 0.29) is 5.91 Å². The smallest absolute Gasteiger partial charge is 0.251 e. The van der Waals surface area contributed by atoms with Crippen molar-refractivity contribution in [2.45, 2.75) is 19.9 Å². The highest BCUT2D eigenvalue weighted by molar-refractivity contribution is 5.94. The molecular formula is C18H21NO3. The Labute approximate surface area is 131 Å². The van der Waals surface area contributed by atoms with Crippen LogP contribution in [0.4, 0.5) is 0 Å². The number of aryl methyl sites for hydroxylation is 1. The van der Waals surface area contributed by atoms with Crippen molar-refractivity contribution in [1.82, 2.24) is 5.32 Å². The van der Waals surface area contributed by atoms with Crippen molar-refractivity contribution in [3.8, 4) is 11.5 Å². The molecule has 0 aromatic heterocycles. The third-order valence-corrected chi connectivity index (χ3v) is 3.52. The summed E-state index contributed by atoms with van der Waals surface area (Å²) in [6.07, 6.45) is 0.945. The van der Waals surface area contributed by atoms with Crippen molar-refractivity contribution >= 4 is 5.91 Å². The molecule has 0 aliphatic rings. The highest BCUT2D eigenvalue weighted by Gasteiger charge is 2.09. The Bertz CT molecular complexity index is 653. The van der Waals surface area contributed by atoms with E-state index in [1.807, 2.05) is 18.2 Å². The number of ether oxygens (including phenoxy) is 2. The lowest BCUT2D eigenvalue weighted by Crippen LogP contribution is -2.23. The molecule has 116 valence electrons. The Morgan fingerprint density at radius 1 is 1.09 bits per heavy atom. The Balaban J connectivity index is 2.10. The summed E-state index contributed by atoms with van der Waals surface area (Å²) in [5, 5.41) is 2.92. The number of methoxy groups -OCH3 is 2. The van der Waals surface area contributed by atoms with E-state index in [1.54, 1.807) is 32.4 Å². The van der Waals surface area contributed by atoms with E-state index < -0.39 is 0 Å². The SMILES string of the molecule is CCc1ccc(OC)c(CNC(=O)c2cccc(OC)c2)c1. The quantitative estimate of drug-likeness (QED) is 0.891. The number of hydrogen-bond donors (Lipinski definition) is 1. The molecule has 0 saturated heterocycles. The van der Waals surface area contributed by atoms with Crippen LogP contribution in [0.3, 0.4) is 0 Å². The fourth-order valence-corrected chi connectivity index (χ4v) is 2.23. The van der Waals surface area contributed by atoms with Crippen LogP contribution in [0, 0.1) is 0 Å². The number of benzene rings is 2. The third kappa shape index (κ3) is 3.79. The summed E-state index contributed by atoms with van der Waals surface area (Å²) in [5.41, 5.74) is 2.76. The number of hydrogen-bond acceptors (Lipinski definition) is 3. The molecule has 0 heterocycles. The number of carbonyl (C=O) groups excluding carboxylic acids is 1. The third-order valence-electron chi connectivity index (χ3n) is 3.52. The minimum atomic E-state index is -0.136. The molecule has 0 fully saturated rings. The number of amides is 1. The summed E-state index contributed by atoms with van der Waals surface area (Å²) in [4.78, 5) is 12.2. The highest BCUT2D eigenvalue weighted by atomic mass is 16.5. The van der Waals surface area contributed by atoms with Gasteiger partial charge < -0.3 is 14.8 Å². The molecule has 0 aliphatic heterocycles. The van der Waals surface area contributed by atoms with Crippen LogP contribution in [0.25, 0.3) is 0 Å². The lowest BCUT2D eigenvalue weighted by Gasteiger charge is -2.12. The fraction of sp³-hybridized carbons (Fsp3) is 0.278. The molecule has 0 atom stereocenters. The summed E-state index contributed by atoms with van der Waals surface area (Å²) in [5.74, 6) is 1.31. The van der Waals surface area contributed by atoms with Gasteiger partial charge >= 0.3 is 0 Å². The van der Waals surface area contributed by atoms with Gasteiger partial charge in [0.15, 0.2) is 0 Å². The van der Waals surface area contributed by atoms with Gasteiger partial charge in [0.25, 0.3) is 5.91 Å². The van der Waals surface area contributed by atoms with Gasteiger partial charge in [0.2, 0.25) is 0 Å². The summed E-state index contributed by atoms with van der Waals surface area (Å²) >= 11 is 0. The van der Waals surface area contributed by atoms with Crippen molar-refractivity contribution in [3.63, 3.8) is 0 Å². The molecule has 22 heavy (non-hydrogen) atoms. The predicted molar refractivity (Wildman–Crippen MR) is 86.5 cm³/mol. The average molecular weight is 299 g/mol. The molecule has 4 nitrogen and oxygen atoms in total. The van der Waals surface area contributed by atoms with Gasteiger partial charge in [-0.15, -0.1) is 0 Å². The minimum absolute atomic E-state index is 0.136. The second-order valence-electron chi connectivity index (χ2n) is 4.91. The Morgan fingerprint density at radius 3 is 2.59 bits per heavy atom. The number of nitrogens with one attached hydrogen (secondary N) is 1. The van der Waals surface area contributed by atoms with Crippen LogP contribution in [-0.4, -0.2) is 20.1 Å². The molecule has 0 unspecified atom stereocenters. The van der Waals surface area contributed by atoms with Gasteiger partial charge in [-0.2, -0.15) is 0 Å². The Hall–Kier alpha value is -2.49. The molecule has 0 aliphatic carbocycles. The molecule has 4 heteroatoms. The van der Waals surface area contributed by atoms with Crippen molar-refractivity contribution in [2.75, 3.05) is 14.2 Å². The topological polar surface area (TPSA) is 47.6 Å². The lowest BCUT2D eigenvalue weighted by atomic mass is 10.1. The molecular weight excluding hydrogens is 278 g/mol. The van der Waals surface area contributed by atoms with Gasteiger partial charge in [-0.3, -0.25) is 4.79 Å². The van der Waals surface area contributed by atoms with E-state index in [9.17, 15) is 4.79 Å². The summed E-state index contributed by atoms with van der Waals surface area (Å²) in [6.45, 7) is 2.52. The van der Waals surface area contributed by atoms with Crippen LogP contribution in [0.15, 0.2) is 42.5 Å². The lowest BCUT2D eigenvalue weighted by molar-refractivity contribution is 0.0950. The second-order valence-corrected chi connectivity index (χ2v) is 4.91. The largest absolute Gasteiger partial charge is 0.497 e. The monoisotopic (exact) mass is 299 g/mol. The van der Waals surface area contributed by atoms with Gasteiger partial charge in [-0.05, 0) is 36.2 Å². The van der Waals surface area contributed by atoms with Crippen LogP contribution in [0.1, 0.15) is 28.4 Å². The molecule has 2 rings (SSSR count). The Kier molecular flexibility index (Phi) is 5.42. The van der Waals surface area contributed by atoms with Crippen LogP contribution in [0.5, 0.6) is 11.5 Å². The first kappa shape index (κ1) is 15.9. The first-order valence-corrected chi connectivity index (χ1v) is 7.26. The van der Waals surface area contributed by atoms with Crippen LogP contribution in [-0.2, 0) is 13.0 Å². The normalized spacial score (nSPS) is 10.1. The van der Waals surface area contributed by atoms with Gasteiger partial charge in [-0.25, -0.2) is 0 Å². The average Bonchev–Trinajstić information content (AvgIpc) is 2.59. The number of carbonyl (C=O) groups is 1. The van der Waals surface area contributed by atoms with Crippen molar-refractivity contribution in [1.29, 1.82) is 0 Å². The van der Waals surface area contributed by atoms with Gasteiger partial charge in [0.1, 0.15) is 11.5 Å². The predicted octanol–water partition coefficient (Wildman–Crippen LogP) is 3.20. The zero-order chi connectivity index (χ0) is 15.9. The van der Waals surface area contributed by atoms with Crippen LogP contribution < -0.4 is 14.8 Å². The Morgan fingerprint density at radius 2 is 1.91 bits per heavy atom. The van der Waals surface area contributed by atoms with E-state index in [4.69, 9.17) is 9.47 Å². The summed E-state index contributed by atoms with van der Waals surface area (Å²) in [7, 11) is 3.21. The number of rotatable bonds is 6. The van der Waals surface area contributed by atoms with Gasteiger partial charge in [0.05, 0.1) is 14.2 Å². The molecule has 2 aromatic carbocycles. The zero-order valence-electron chi connectivity index (χ0n) is 13.2. The van der Waals surface area contributed by atoms with Crippen molar-refractivity contribution in [3.05, 3.63) is 59.2 Å². The maximum Gasteiger partial charge on any atom is 0.251 e. The maximum absolute atomic E-state index is 12.2. The molecule has 1 N–H and O–H groups in total. The van der Waals surface area contributed by atoms with Crippen LogP contribution >= 0.6 is 0 Å². The van der Waals surface area contributed by atoms with E-state index >= 15 is 0 Å². The first-order valence-electron chi connectivity index (χ1n) is 7.26. The van der Waals surface area contributed by atoms with E-state index in [2.05, 4.69) is 18.3 Å². The molecule has 0 radical (unpaired) electrons. The standard InChI is InChI=1S/C18H21NO3/c1-4-13-8-9-17(22-3)15(10-13)12-19-18(20)14-6-5-7-16(11-14)21-2/h5-11H,4,12H2,1-3H3,(H,19,20). The fourth-order valence-electron chi connectivity index (χ4n) is 2.23. The van der Waals surface area contributed by atoms with E-state index in [0.717, 1.165) is 17.7 Å². The van der Waals surface area contributed by atoms with Crippen molar-refractivity contribution < 1.29 is 14.3 Å². The van der Waals surface area contributed by atoms with E-state index in [1.165, 1.54) is 5.56 Å². The summed E-state index contributed by atoms with van der Waals surface area (Å²) < 4.78 is 10.5.